The molecule has 0 fully saturated rings. The number of ether oxygens (including phenoxy) is 1. The molecule has 0 saturated carbocycles. The van der Waals surface area contributed by atoms with Crippen molar-refractivity contribution >= 4 is 18.4 Å². The van der Waals surface area contributed by atoms with Crippen molar-refractivity contribution in [2.75, 3.05) is 19.7 Å². The van der Waals surface area contributed by atoms with E-state index < -0.39 is 0 Å². The second-order valence-electron chi connectivity index (χ2n) is 4.51. The molecular formula is C15H24ClNO2. The second kappa shape index (κ2) is 9.82. The van der Waals surface area contributed by atoms with Gasteiger partial charge in [0, 0.05) is 6.54 Å². The monoisotopic (exact) mass is 285 g/mol. The van der Waals surface area contributed by atoms with Crippen molar-refractivity contribution < 1.29 is 9.53 Å². The van der Waals surface area contributed by atoms with E-state index in [0.29, 0.717) is 12.2 Å². The minimum absolute atomic E-state index is 0. The lowest BCUT2D eigenvalue weighted by atomic mass is 10.0. The number of carbonyl (C=O) groups excluding carboxylic acids is 1. The molecule has 1 N–H and O–H groups in total. The van der Waals surface area contributed by atoms with Crippen LogP contribution in [0.3, 0.4) is 0 Å². The Morgan fingerprint density at radius 2 is 1.84 bits per heavy atom. The van der Waals surface area contributed by atoms with E-state index in [1.165, 1.54) is 6.42 Å². The van der Waals surface area contributed by atoms with Crippen LogP contribution < -0.4 is 5.32 Å². The summed E-state index contributed by atoms with van der Waals surface area (Å²) in [7, 11) is 0. The summed E-state index contributed by atoms with van der Waals surface area (Å²) in [5.41, 5.74) is 2.64. The van der Waals surface area contributed by atoms with Gasteiger partial charge in [-0.2, -0.15) is 0 Å². The molecule has 0 amide bonds. The van der Waals surface area contributed by atoms with Crippen LogP contribution in [-0.4, -0.2) is 25.7 Å². The van der Waals surface area contributed by atoms with Gasteiger partial charge in [-0.3, -0.25) is 0 Å². The van der Waals surface area contributed by atoms with Gasteiger partial charge in [-0.05, 0) is 37.9 Å². The normalized spacial score (nSPS) is 9.84. The summed E-state index contributed by atoms with van der Waals surface area (Å²) in [4.78, 5) is 11.9. The van der Waals surface area contributed by atoms with E-state index >= 15 is 0 Å². The first kappa shape index (κ1) is 17.9. The molecule has 0 unspecified atom stereocenters. The quantitative estimate of drug-likeness (QED) is 0.617. The summed E-state index contributed by atoms with van der Waals surface area (Å²) in [6.07, 6.45) is 2.33. The van der Waals surface area contributed by atoms with Crippen molar-refractivity contribution in [1.82, 2.24) is 5.32 Å². The van der Waals surface area contributed by atoms with E-state index in [0.717, 1.165) is 30.6 Å². The highest BCUT2D eigenvalue weighted by atomic mass is 35.5. The van der Waals surface area contributed by atoms with Crippen molar-refractivity contribution in [3.8, 4) is 0 Å². The highest BCUT2D eigenvalue weighted by Crippen LogP contribution is 2.14. The number of benzene rings is 1. The Bertz CT molecular complexity index is 373. The topological polar surface area (TPSA) is 38.3 Å². The second-order valence-corrected chi connectivity index (χ2v) is 4.51. The Morgan fingerprint density at radius 3 is 2.42 bits per heavy atom. The number of hydrogen-bond acceptors (Lipinski definition) is 3. The Hall–Kier alpha value is -1.06. The molecule has 0 bridgehead atoms. The molecule has 0 atom stereocenters. The van der Waals surface area contributed by atoms with Gasteiger partial charge in [0.15, 0.2) is 0 Å². The molecule has 19 heavy (non-hydrogen) atoms. The molecule has 0 heterocycles. The van der Waals surface area contributed by atoms with Gasteiger partial charge in [-0.15, -0.1) is 12.4 Å². The van der Waals surface area contributed by atoms with Crippen LogP contribution >= 0.6 is 12.4 Å². The predicted molar refractivity (Wildman–Crippen MR) is 81.2 cm³/mol. The molecule has 0 aliphatic rings. The van der Waals surface area contributed by atoms with Gasteiger partial charge in [-0.1, -0.05) is 31.5 Å². The molecule has 1 aromatic carbocycles. The van der Waals surface area contributed by atoms with E-state index in [9.17, 15) is 4.79 Å². The van der Waals surface area contributed by atoms with Crippen molar-refractivity contribution in [3.05, 3.63) is 34.9 Å². The molecule has 0 aliphatic heterocycles. The highest BCUT2D eigenvalue weighted by Gasteiger charge is 2.12. The lowest BCUT2D eigenvalue weighted by molar-refractivity contribution is 0.0507. The number of nitrogens with one attached hydrogen (secondary N) is 1. The van der Waals surface area contributed by atoms with Crippen molar-refractivity contribution in [2.24, 2.45) is 0 Å². The van der Waals surface area contributed by atoms with Gasteiger partial charge < -0.3 is 10.1 Å². The lowest BCUT2D eigenvalue weighted by Gasteiger charge is -2.10. The summed E-state index contributed by atoms with van der Waals surface area (Å²) in [6, 6.07) is 5.82. The minimum Gasteiger partial charge on any atom is -0.461 e. The number of rotatable bonds is 7. The number of esters is 1. The van der Waals surface area contributed by atoms with Crippen molar-refractivity contribution in [3.63, 3.8) is 0 Å². The molecule has 4 heteroatoms. The Morgan fingerprint density at radius 1 is 1.21 bits per heavy atom. The third-order valence-corrected chi connectivity index (χ3v) is 2.90. The third kappa shape index (κ3) is 6.08. The number of unbranched alkanes of at least 4 members (excludes halogenated alkanes) is 1. The van der Waals surface area contributed by atoms with E-state index in [1.807, 2.05) is 32.0 Å². The van der Waals surface area contributed by atoms with Crippen LogP contribution in [0.15, 0.2) is 18.2 Å². The van der Waals surface area contributed by atoms with Crippen molar-refractivity contribution in [1.29, 1.82) is 0 Å². The van der Waals surface area contributed by atoms with E-state index in [1.54, 1.807) is 0 Å². The van der Waals surface area contributed by atoms with Gasteiger partial charge in [0.1, 0.15) is 6.61 Å². The fourth-order valence-electron chi connectivity index (χ4n) is 1.85. The largest absolute Gasteiger partial charge is 0.461 e. The van der Waals surface area contributed by atoms with Crippen LogP contribution in [0.4, 0.5) is 0 Å². The number of carbonyl (C=O) groups is 1. The van der Waals surface area contributed by atoms with Crippen LogP contribution in [0.25, 0.3) is 0 Å². The highest BCUT2D eigenvalue weighted by molar-refractivity contribution is 5.92. The SMILES string of the molecule is CCCCNCCOC(=O)c1c(C)cccc1C.Cl. The molecule has 1 rings (SSSR count). The molecule has 3 nitrogen and oxygen atoms in total. The number of hydrogen-bond donors (Lipinski definition) is 1. The van der Waals surface area contributed by atoms with Gasteiger partial charge in [-0.25, -0.2) is 4.79 Å². The van der Waals surface area contributed by atoms with Gasteiger partial charge in [0.2, 0.25) is 0 Å². The zero-order valence-electron chi connectivity index (χ0n) is 12.0. The zero-order chi connectivity index (χ0) is 13.4. The van der Waals surface area contributed by atoms with Gasteiger partial charge in [0.25, 0.3) is 0 Å². The Kier molecular flexibility index (Phi) is 9.27. The number of halogens is 1. The molecule has 0 spiro atoms. The lowest BCUT2D eigenvalue weighted by Crippen LogP contribution is -2.22. The van der Waals surface area contributed by atoms with Gasteiger partial charge >= 0.3 is 5.97 Å². The smallest absolute Gasteiger partial charge is 0.338 e. The summed E-state index contributed by atoms with van der Waals surface area (Å²) in [5, 5.41) is 3.25. The Labute approximate surface area is 122 Å². The molecule has 0 radical (unpaired) electrons. The maximum atomic E-state index is 11.9. The fraction of sp³-hybridized carbons (Fsp3) is 0.533. The van der Waals surface area contributed by atoms with Gasteiger partial charge in [0.05, 0.1) is 5.56 Å². The van der Waals surface area contributed by atoms with E-state index in [-0.39, 0.29) is 18.4 Å². The summed E-state index contributed by atoms with van der Waals surface area (Å²) in [5.74, 6) is -0.220. The van der Waals surface area contributed by atoms with E-state index in [2.05, 4.69) is 12.2 Å². The van der Waals surface area contributed by atoms with Crippen molar-refractivity contribution in [2.45, 2.75) is 33.6 Å². The summed E-state index contributed by atoms with van der Waals surface area (Å²) in [6.45, 7) is 8.15. The average molecular weight is 286 g/mol. The maximum absolute atomic E-state index is 11.9. The van der Waals surface area contributed by atoms with Crippen LogP contribution in [0.5, 0.6) is 0 Å². The first-order chi connectivity index (χ1) is 8.66. The standard InChI is InChI=1S/C15H23NO2.ClH/c1-4-5-9-16-10-11-18-15(17)14-12(2)7-6-8-13(14)3;/h6-8,16H,4-5,9-11H2,1-3H3;1H. The Balaban J connectivity index is 0.00000324. The third-order valence-electron chi connectivity index (χ3n) is 2.90. The van der Waals surface area contributed by atoms with Crippen LogP contribution in [0.2, 0.25) is 0 Å². The van der Waals surface area contributed by atoms with Crippen LogP contribution in [0.1, 0.15) is 41.3 Å². The summed E-state index contributed by atoms with van der Waals surface area (Å²) >= 11 is 0. The minimum atomic E-state index is -0.220. The molecular weight excluding hydrogens is 262 g/mol. The van der Waals surface area contributed by atoms with E-state index in [4.69, 9.17) is 4.74 Å². The fourth-order valence-corrected chi connectivity index (χ4v) is 1.85. The van der Waals surface area contributed by atoms with Crippen LogP contribution in [-0.2, 0) is 4.74 Å². The zero-order valence-corrected chi connectivity index (χ0v) is 12.8. The molecule has 0 aliphatic carbocycles. The first-order valence-corrected chi connectivity index (χ1v) is 6.61. The summed E-state index contributed by atoms with van der Waals surface area (Å²) < 4.78 is 5.27. The first-order valence-electron chi connectivity index (χ1n) is 6.61. The number of aryl methyl sites for hydroxylation is 2. The maximum Gasteiger partial charge on any atom is 0.338 e. The predicted octanol–water partition coefficient (Wildman–Crippen LogP) is 3.27. The van der Waals surface area contributed by atoms with Crippen LogP contribution in [0, 0.1) is 13.8 Å². The molecule has 0 aromatic heterocycles. The average Bonchev–Trinajstić information content (AvgIpc) is 2.33. The molecule has 108 valence electrons. The molecule has 1 aromatic rings. The molecule has 0 saturated heterocycles.